The van der Waals surface area contributed by atoms with Crippen LogP contribution in [0.1, 0.15) is 28.8 Å². The van der Waals surface area contributed by atoms with Crippen molar-refractivity contribution in [1.82, 2.24) is 15.1 Å². The number of aromatic nitrogens is 2. The van der Waals surface area contributed by atoms with Crippen LogP contribution in [0.2, 0.25) is 0 Å². The Balaban J connectivity index is 1.35. The van der Waals surface area contributed by atoms with Crippen molar-refractivity contribution in [3.05, 3.63) is 78.1 Å². The maximum Gasteiger partial charge on any atom is 0.254 e. The first-order valence-electron chi connectivity index (χ1n) is 9.83. The number of hydrogen-bond acceptors (Lipinski definition) is 3. The van der Waals surface area contributed by atoms with Gasteiger partial charge in [0, 0.05) is 30.4 Å². The summed E-state index contributed by atoms with van der Waals surface area (Å²) in [5.41, 5.74) is 4.04. The van der Waals surface area contributed by atoms with E-state index >= 15 is 0 Å². The van der Waals surface area contributed by atoms with Crippen LogP contribution in [0.3, 0.4) is 0 Å². The largest absolute Gasteiger partial charge is 0.375 e. The van der Waals surface area contributed by atoms with Gasteiger partial charge < -0.3 is 9.64 Å². The molecule has 5 nitrogen and oxygen atoms in total. The van der Waals surface area contributed by atoms with Crippen molar-refractivity contribution >= 4 is 5.91 Å². The second-order valence-corrected chi connectivity index (χ2v) is 7.19. The minimum absolute atomic E-state index is 0.0710. The van der Waals surface area contributed by atoms with E-state index in [9.17, 15) is 4.79 Å². The molecular formula is C23H25N3O2. The lowest BCUT2D eigenvalue weighted by atomic mass is 10.0. The molecule has 1 atom stereocenters. The van der Waals surface area contributed by atoms with Crippen LogP contribution in [0.4, 0.5) is 0 Å². The average Bonchev–Trinajstić information content (AvgIpc) is 3.29. The molecule has 1 N–H and O–H groups in total. The molecular weight excluding hydrogens is 350 g/mol. The normalized spacial score (nSPS) is 16.9. The van der Waals surface area contributed by atoms with E-state index in [2.05, 4.69) is 34.5 Å². The summed E-state index contributed by atoms with van der Waals surface area (Å²) in [5.74, 6) is 0.0710. The van der Waals surface area contributed by atoms with Crippen molar-refractivity contribution in [2.75, 3.05) is 19.7 Å². The van der Waals surface area contributed by atoms with Crippen LogP contribution in [-0.4, -0.2) is 46.8 Å². The molecule has 5 heteroatoms. The number of aryl methyl sites for hydroxylation is 1. The van der Waals surface area contributed by atoms with Gasteiger partial charge in [0.15, 0.2) is 0 Å². The molecule has 1 aliphatic rings. The van der Waals surface area contributed by atoms with Gasteiger partial charge >= 0.3 is 0 Å². The number of nitrogens with zero attached hydrogens (tertiary/aromatic N) is 2. The molecule has 4 rings (SSSR count). The number of ether oxygens (including phenoxy) is 1. The van der Waals surface area contributed by atoms with Gasteiger partial charge in [-0.15, -0.1) is 0 Å². The molecule has 1 amide bonds. The summed E-state index contributed by atoms with van der Waals surface area (Å²) < 4.78 is 5.91. The highest BCUT2D eigenvalue weighted by molar-refractivity contribution is 5.95. The average molecular weight is 375 g/mol. The molecule has 0 saturated carbocycles. The van der Waals surface area contributed by atoms with Crippen LogP contribution in [-0.2, 0) is 11.2 Å². The van der Waals surface area contributed by atoms with Gasteiger partial charge in [-0.2, -0.15) is 5.10 Å². The van der Waals surface area contributed by atoms with Gasteiger partial charge in [-0.3, -0.25) is 9.89 Å². The molecule has 1 saturated heterocycles. The number of amides is 1. The van der Waals surface area contributed by atoms with Crippen molar-refractivity contribution in [3.8, 4) is 11.1 Å². The first kappa shape index (κ1) is 18.4. The first-order chi connectivity index (χ1) is 13.8. The summed E-state index contributed by atoms with van der Waals surface area (Å²) in [6, 6.07) is 18.2. The zero-order valence-corrected chi connectivity index (χ0v) is 15.9. The van der Waals surface area contributed by atoms with Gasteiger partial charge in [0.1, 0.15) is 0 Å². The van der Waals surface area contributed by atoms with E-state index in [1.54, 1.807) is 6.20 Å². The molecule has 0 bridgehead atoms. The topological polar surface area (TPSA) is 58.2 Å². The summed E-state index contributed by atoms with van der Waals surface area (Å²) in [6.07, 6.45) is 6.78. The number of benzene rings is 2. The summed E-state index contributed by atoms with van der Waals surface area (Å²) in [4.78, 5) is 14.9. The highest BCUT2D eigenvalue weighted by Crippen LogP contribution is 2.21. The van der Waals surface area contributed by atoms with Gasteiger partial charge in [0.25, 0.3) is 5.91 Å². The molecule has 0 aliphatic carbocycles. The third-order valence-corrected chi connectivity index (χ3v) is 5.20. The number of morpholine rings is 1. The van der Waals surface area contributed by atoms with E-state index in [0.29, 0.717) is 25.3 Å². The molecule has 2 heterocycles. The maximum atomic E-state index is 13.0. The van der Waals surface area contributed by atoms with Gasteiger partial charge in [-0.25, -0.2) is 0 Å². The third-order valence-electron chi connectivity index (χ3n) is 5.20. The van der Waals surface area contributed by atoms with Crippen LogP contribution in [0.5, 0.6) is 0 Å². The number of H-pyrrole nitrogens is 1. The molecule has 0 spiro atoms. The molecule has 3 aromatic rings. The fraction of sp³-hybridized carbons (Fsp3) is 0.304. The maximum absolute atomic E-state index is 13.0. The van der Waals surface area contributed by atoms with E-state index in [1.807, 2.05) is 41.4 Å². The monoisotopic (exact) mass is 375 g/mol. The number of hydrogen-bond donors (Lipinski definition) is 1. The number of carbonyl (C=O) groups is 1. The molecule has 0 unspecified atom stereocenters. The predicted octanol–water partition coefficient (Wildman–Crippen LogP) is 3.94. The molecule has 1 aliphatic heterocycles. The van der Waals surface area contributed by atoms with E-state index in [-0.39, 0.29) is 12.0 Å². The van der Waals surface area contributed by atoms with Crippen molar-refractivity contribution < 1.29 is 9.53 Å². The molecule has 144 valence electrons. The van der Waals surface area contributed by atoms with Crippen molar-refractivity contribution in [2.45, 2.75) is 25.4 Å². The van der Waals surface area contributed by atoms with Crippen LogP contribution in [0.15, 0.2) is 67.0 Å². The fourth-order valence-corrected chi connectivity index (χ4v) is 3.68. The molecule has 0 radical (unpaired) electrons. The number of nitrogens with one attached hydrogen (secondary N) is 1. The van der Waals surface area contributed by atoms with Crippen molar-refractivity contribution in [3.63, 3.8) is 0 Å². The van der Waals surface area contributed by atoms with Crippen LogP contribution in [0, 0.1) is 0 Å². The zero-order chi connectivity index (χ0) is 19.2. The SMILES string of the molecule is O=C(c1cccc(-c2cn[nH]c2)c1)N1CCO[C@H](CCCc2ccccc2)C1. The van der Waals surface area contributed by atoms with Crippen molar-refractivity contribution in [2.24, 2.45) is 0 Å². The first-order valence-corrected chi connectivity index (χ1v) is 9.83. The molecule has 1 fully saturated rings. The van der Waals surface area contributed by atoms with Crippen LogP contribution < -0.4 is 0 Å². The summed E-state index contributed by atoms with van der Waals surface area (Å²) in [5, 5.41) is 6.80. The molecule has 2 aromatic carbocycles. The van der Waals surface area contributed by atoms with Gasteiger partial charge in [0.05, 0.1) is 18.9 Å². The van der Waals surface area contributed by atoms with Crippen LogP contribution in [0.25, 0.3) is 11.1 Å². The third kappa shape index (κ3) is 4.49. The van der Waals surface area contributed by atoms with Gasteiger partial charge in [-0.1, -0.05) is 42.5 Å². The Morgan fingerprint density at radius 1 is 1.14 bits per heavy atom. The highest BCUT2D eigenvalue weighted by Gasteiger charge is 2.25. The Bertz CT molecular complexity index is 893. The Labute approximate surface area is 165 Å². The van der Waals surface area contributed by atoms with Gasteiger partial charge in [-0.05, 0) is 42.5 Å². The Hall–Kier alpha value is -2.92. The Kier molecular flexibility index (Phi) is 5.83. The lowest BCUT2D eigenvalue weighted by Gasteiger charge is -2.33. The van der Waals surface area contributed by atoms with Crippen molar-refractivity contribution in [1.29, 1.82) is 0 Å². The number of rotatable bonds is 6. The quantitative estimate of drug-likeness (QED) is 0.710. The van der Waals surface area contributed by atoms with Crippen LogP contribution >= 0.6 is 0 Å². The Morgan fingerprint density at radius 2 is 2.04 bits per heavy atom. The minimum Gasteiger partial charge on any atom is -0.375 e. The lowest BCUT2D eigenvalue weighted by molar-refractivity contribution is -0.0255. The second kappa shape index (κ2) is 8.85. The highest BCUT2D eigenvalue weighted by atomic mass is 16.5. The summed E-state index contributed by atoms with van der Waals surface area (Å²) in [6.45, 7) is 1.90. The van der Waals surface area contributed by atoms with E-state index in [1.165, 1.54) is 5.56 Å². The summed E-state index contributed by atoms with van der Waals surface area (Å²) in [7, 11) is 0. The zero-order valence-electron chi connectivity index (χ0n) is 15.9. The number of carbonyl (C=O) groups excluding carboxylic acids is 1. The fourth-order valence-electron chi connectivity index (χ4n) is 3.68. The standard InChI is InChI=1S/C23H25N3O2/c27-23(20-10-5-9-19(14-20)21-15-24-25-16-21)26-12-13-28-22(17-26)11-4-8-18-6-2-1-3-7-18/h1-3,5-7,9-10,14-16,22H,4,8,11-13,17H2,(H,24,25)/t22-/m1/s1. The van der Waals surface area contributed by atoms with E-state index < -0.39 is 0 Å². The second-order valence-electron chi connectivity index (χ2n) is 7.19. The smallest absolute Gasteiger partial charge is 0.254 e. The predicted molar refractivity (Wildman–Crippen MR) is 109 cm³/mol. The lowest BCUT2D eigenvalue weighted by Crippen LogP contribution is -2.45. The number of aromatic amines is 1. The molecule has 1 aromatic heterocycles. The minimum atomic E-state index is 0.0710. The van der Waals surface area contributed by atoms with Gasteiger partial charge in [0.2, 0.25) is 0 Å². The van der Waals surface area contributed by atoms with E-state index in [4.69, 9.17) is 4.74 Å². The Morgan fingerprint density at radius 3 is 2.86 bits per heavy atom. The molecule has 28 heavy (non-hydrogen) atoms. The van der Waals surface area contributed by atoms with E-state index in [0.717, 1.165) is 30.4 Å². The summed E-state index contributed by atoms with van der Waals surface area (Å²) >= 11 is 0.